The second-order valence-corrected chi connectivity index (χ2v) is 7.63. The molecule has 2 aliphatic rings. The summed E-state index contributed by atoms with van der Waals surface area (Å²) in [5, 5.41) is 2.49. The lowest BCUT2D eigenvalue weighted by atomic mass is 9.87. The minimum Gasteiger partial charge on any atom is -0.468 e. The van der Waals surface area contributed by atoms with Gasteiger partial charge in [-0.15, -0.1) is 0 Å². The Morgan fingerprint density at radius 3 is 2.81 bits per heavy atom. The molecule has 5 rings (SSSR count). The van der Waals surface area contributed by atoms with Crippen LogP contribution >= 0.6 is 0 Å². The average molecular weight is 345 g/mol. The molecule has 1 aliphatic carbocycles. The second kappa shape index (κ2) is 6.40. The molecular formula is C23H23NO2. The van der Waals surface area contributed by atoms with Crippen molar-refractivity contribution in [1.82, 2.24) is 4.90 Å². The number of benzene rings is 2. The molecule has 3 aromatic rings. The number of rotatable bonds is 4. The number of aryl methyl sites for hydroxylation is 2. The lowest BCUT2D eigenvalue weighted by molar-refractivity contribution is 0.0804. The highest BCUT2D eigenvalue weighted by Gasteiger charge is 2.29. The SMILES string of the molecule is O=C(c1ccc2c3c(cccc13)CC2)[C@@H]1CCCN(Cc2ccco2)C1. The molecule has 0 saturated carbocycles. The van der Waals surface area contributed by atoms with Crippen molar-refractivity contribution < 1.29 is 9.21 Å². The molecule has 0 bridgehead atoms. The first-order valence-electron chi connectivity index (χ1n) is 9.62. The first kappa shape index (κ1) is 15.8. The Hall–Kier alpha value is -2.39. The molecule has 1 atom stereocenters. The number of hydrogen-bond donors (Lipinski definition) is 0. The summed E-state index contributed by atoms with van der Waals surface area (Å²) >= 11 is 0. The van der Waals surface area contributed by atoms with Gasteiger partial charge in [0.1, 0.15) is 5.76 Å². The van der Waals surface area contributed by atoms with E-state index in [0.717, 1.165) is 62.0 Å². The number of likely N-dealkylation sites (tertiary alicyclic amines) is 1. The highest BCUT2D eigenvalue weighted by Crippen LogP contribution is 2.34. The van der Waals surface area contributed by atoms with Crippen LogP contribution in [0.4, 0.5) is 0 Å². The van der Waals surface area contributed by atoms with Crippen molar-refractivity contribution in [2.75, 3.05) is 13.1 Å². The van der Waals surface area contributed by atoms with E-state index >= 15 is 0 Å². The number of carbonyl (C=O) groups excluding carboxylic acids is 1. The van der Waals surface area contributed by atoms with E-state index in [-0.39, 0.29) is 5.92 Å². The normalized spacial score (nSPS) is 19.9. The van der Waals surface area contributed by atoms with Gasteiger partial charge < -0.3 is 4.42 Å². The van der Waals surface area contributed by atoms with Crippen LogP contribution in [0.15, 0.2) is 53.1 Å². The molecule has 2 aromatic carbocycles. The van der Waals surface area contributed by atoms with Gasteiger partial charge >= 0.3 is 0 Å². The molecule has 132 valence electrons. The lowest BCUT2D eigenvalue weighted by Gasteiger charge is -2.31. The Kier molecular flexibility index (Phi) is 3.90. The maximum Gasteiger partial charge on any atom is 0.167 e. The van der Waals surface area contributed by atoms with Crippen molar-refractivity contribution in [2.45, 2.75) is 32.2 Å². The highest BCUT2D eigenvalue weighted by molar-refractivity contribution is 6.11. The fourth-order valence-electron chi connectivity index (χ4n) is 4.72. The predicted molar refractivity (Wildman–Crippen MR) is 102 cm³/mol. The predicted octanol–water partition coefficient (Wildman–Crippen LogP) is 4.63. The average Bonchev–Trinajstić information content (AvgIpc) is 3.33. The number of Topliss-reactive ketones (excluding diaryl/α,β-unsaturated/α-hetero) is 1. The zero-order chi connectivity index (χ0) is 17.5. The van der Waals surface area contributed by atoms with E-state index in [2.05, 4.69) is 35.2 Å². The molecular weight excluding hydrogens is 322 g/mol. The molecule has 1 aliphatic heterocycles. The van der Waals surface area contributed by atoms with Gasteiger partial charge in [-0.1, -0.05) is 30.3 Å². The van der Waals surface area contributed by atoms with Gasteiger partial charge in [0, 0.05) is 18.0 Å². The Bertz CT molecular complexity index is 948. The number of ketones is 1. The van der Waals surface area contributed by atoms with Gasteiger partial charge in [-0.2, -0.15) is 0 Å². The van der Waals surface area contributed by atoms with Gasteiger partial charge in [0.15, 0.2) is 5.78 Å². The zero-order valence-corrected chi connectivity index (χ0v) is 14.9. The third kappa shape index (κ3) is 2.67. The standard InChI is InChI=1S/C23H23NO2/c25-23(18-5-2-12-24(14-18)15-19-6-3-13-26-19)21-11-10-17-9-8-16-4-1-7-20(21)22(16)17/h1,3-4,6-7,10-11,13,18H,2,5,8-9,12,14-15H2/t18-/m1/s1. The van der Waals surface area contributed by atoms with Gasteiger partial charge in [0.2, 0.25) is 0 Å². The zero-order valence-electron chi connectivity index (χ0n) is 14.9. The number of carbonyl (C=O) groups is 1. The molecule has 0 radical (unpaired) electrons. The van der Waals surface area contributed by atoms with E-state index in [0.29, 0.717) is 5.78 Å². The van der Waals surface area contributed by atoms with Gasteiger partial charge in [0.25, 0.3) is 0 Å². The van der Waals surface area contributed by atoms with Crippen LogP contribution < -0.4 is 0 Å². The second-order valence-electron chi connectivity index (χ2n) is 7.63. The molecule has 0 N–H and O–H groups in total. The molecule has 1 aromatic heterocycles. The topological polar surface area (TPSA) is 33.5 Å². The number of piperidine rings is 1. The van der Waals surface area contributed by atoms with Crippen LogP contribution in [0.3, 0.4) is 0 Å². The summed E-state index contributed by atoms with van der Waals surface area (Å²) in [6.45, 7) is 2.65. The third-order valence-corrected chi connectivity index (χ3v) is 5.98. The number of furan rings is 1. The Morgan fingerprint density at radius 1 is 1.08 bits per heavy atom. The summed E-state index contributed by atoms with van der Waals surface area (Å²) in [4.78, 5) is 15.7. The van der Waals surface area contributed by atoms with E-state index in [1.54, 1.807) is 6.26 Å². The van der Waals surface area contributed by atoms with Gasteiger partial charge in [-0.05, 0) is 66.3 Å². The molecule has 0 spiro atoms. The summed E-state index contributed by atoms with van der Waals surface area (Å²) in [6, 6.07) is 14.6. The largest absolute Gasteiger partial charge is 0.468 e. The molecule has 1 saturated heterocycles. The van der Waals surface area contributed by atoms with Crippen LogP contribution in [-0.2, 0) is 19.4 Å². The van der Waals surface area contributed by atoms with Crippen LogP contribution in [0.5, 0.6) is 0 Å². The fraction of sp³-hybridized carbons (Fsp3) is 0.348. The summed E-state index contributed by atoms with van der Waals surface area (Å²) in [6.07, 6.45) is 5.97. The van der Waals surface area contributed by atoms with Crippen LogP contribution in [0.1, 0.15) is 40.1 Å². The van der Waals surface area contributed by atoms with Crippen molar-refractivity contribution >= 4 is 16.6 Å². The minimum absolute atomic E-state index is 0.0807. The van der Waals surface area contributed by atoms with E-state index < -0.39 is 0 Å². The van der Waals surface area contributed by atoms with Crippen molar-refractivity contribution in [1.29, 1.82) is 0 Å². The molecule has 26 heavy (non-hydrogen) atoms. The molecule has 0 amide bonds. The van der Waals surface area contributed by atoms with Crippen molar-refractivity contribution in [3.05, 3.63) is 71.2 Å². The molecule has 0 unspecified atom stereocenters. The Balaban J connectivity index is 1.42. The molecule has 2 heterocycles. The van der Waals surface area contributed by atoms with Crippen molar-refractivity contribution in [3.63, 3.8) is 0 Å². The molecule has 1 fully saturated rings. The van der Waals surface area contributed by atoms with Crippen LogP contribution in [0.25, 0.3) is 10.8 Å². The molecule has 3 heteroatoms. The van der Waals surface area contributed by atoms with Crippen LogP contribution in [0.2, 0.25) is 0 Å². The minimum atomic E-state index is 0.0807. The summed E-state index contributed by atoms with van der Waals surface area (Å²) in [7, 11) is 0. The fourth-order valence-corrected chi connectivity index (χ4v) is 4.72. The van der Waals surface area contributed by atoms with E-state index in [9.17, 15) is 4.79 Å². The third-order valence-electron chi connectivity index (χ3n) is 5.98. The maximum atomic E-state index is 13.4. The Morgan fingerprint density at radius 2 is 1.96 bits per heavy atom. The van der Waals surface area contributed by atoms with Crippen LogP contribution in [0, 0.1) is 5.92 Å². The first-order valence-corrected chi connectivity index (χ1v) is 9.62. The number of nitrogens with zero attached hydrogens (tertiary/aromatic N) is 1. The van der Waals surface area contributed by atoms with Gasteiger partial charge in [-0.3, -0.25) is 9.69 Å². The smallest absolute Gasteiger partial charge is 0.167 e. The number of hydrogen-bond acceptors (Lipinski definition) is 3. The van der Waals surface area contributed by atoms with Crippen molar-refractivity contribution in [2.24, 2.45) is 5.92 Å². The monoisotopic (exact) mass is 345 g/mol. The van der Waals surface area contributed by atoms with Gasteiger partial charge in [-0.25, -0.2) is 0 Å². The van der Waals surface area contributed by atoms with E-state index in [1.807, 2.05) is 12.1 Å². The summed E-state index contributed by atoms with van der Waals surface area (Å²) in [5.74, 6) is 1.37. The lowest BCUT2D eigenvalue weighted by Crippen LogP contribution is -2.38. The summed E-state index contributed by atoms with van der Waals surface area (Å²) in [5.41, 5.74) is 3.71. The van der Waals surface area contributed by atoms with Gasteiger partial charge in [0.05, 0.1) is 12.8 Å². The quantitative estimate of drug-likeness (QED) is 0.647. The summed E-state index contributed by atoms with van der Waals surface area (Å²) < 4.78 is 5.48. The molecule has 3 nitrogen and oxygen atoms in total. The first-order chi connectivity index (χ1) is 12.8. The highest BCUT2D eigenvalue weighted by atomic mass is 16.3. The van der Waals surface area contributed by atoms with Crippen molar-refractivity contribution in [3.8, 4) is 0 Å². The van der Waals surface area contributed by atoms with E-state index in [4.69, 9.17) is 4.42 Å². The van der Waals surface area contributed by atoms with Crippen LogP contribution in [-0.4, -0.2) is 23.8 Å². The van der Waals surface area contributed by atoms with E-state index in [1.165, 1.54) is 16.5 Å². The maximum absolute atomic E-state index is 13.4. The Labute approximate surface area is 153 Å².